The third-order valence-electron chi connectivity index (χ3n) is 3.82. The number of carbonyl (C=O) groups is 1. The predicted octanol–water partition coefficient (Wildman–Crippen LogP) is 1.56. The van der Waals surface area contributed by atoms with E-state index in [1.165, 1.54) is 4.57 Å². The highest BCUT2D eigenvalue weighted by Gasteiger charge is 2.14. The van der Waals surface area contributed by atoms with Crippen LogP contribution in [-0.2, 0) is 11.3 Å². The molecule has 6 heteroatoms. The monoisotopic (exact) mass is 298 g/mol. The molecule has 114 valence electrons. The summed E-state index contributed by atoms with van der Waals surface area (Å²) in [6, 6.07) is 7.34. The molecule has 6 nitrogen and oxygen atoms in total. The number of nitrogens with one attached hydrogen (secondary N) is 1. The van der Waals surface area contributed by atoms with E-state index < -0.39 is 0 Å². The van der Waals surface area contributed by atoms with Crippen molar-refractivity contribution in [2.75, 3.05) is 0 Å². The average molecular weight is 298 g/mol. The van der Waals surface area contributed by atoms with Gasteiger partial charge in [-0.2, -0.15) is 0 Å². The van der Waals surface area contributed by atoms with E-state index in [2.05, 4.69) is 10.3 Å². The Balaban J connectivity index is 2.13. The van der Waals surface area contributed by atoms with Gasteiger partial charge in [-0.25, -0.2) is 4.98 Å². The SMILES string of the molecule is CC[C@H](C)NC(=O)Cn1c(=O)c2cccn2c2cccnc21. The molecule has 0 fully saturated rings. The molecular formula is C16H18N4O2. The van der Waals surface area contributed by atoms with Gasteiger partial charge in [0.05, 0.1) is 5.52 Å². The van der Waals surface area contributed by atoms with Crippen LogP contribution in [0, 0.1) is 0 Å². The summed E-state index contributed by atoms with van der Waals surface area (Å²) in [4.78, 5) is 29.0. The maximum absolute atomic E-state index is 12.6. The first-order valence-corrected chi connectivity index (χ1v) is 7.35. The van der Waals surface area contributed by atoms with Crippen LogP contribution in [0.15, 0.2) is 41.5 Å². The zero-order chi connectivity index (χ0) is 15.7. The average Bonchev–Trinajstić information content (AvgIpc) is 3.01. The molecule has 3 aromatic rings. The third-order valence-corrected chi connectivity index (χ3v) is 3.82. The van der Waals surface area contributed by atoms with Gasteiger partial charge in [0, 0.05) is 18.4 Å². The molecule has 0 aliphatic carbocycles. The number of pyridine rings is 1. The normalized spacial score (nSPS) is 12.6. The largest absolute Gasteiger partial charge is 0.352 e. The molecule has 0 saturated carbocycles. The summed E-state index contributed by atoms with van der Waals surface area (Å²) in [7, 11) is 0. The number of hydrogen-bond donors (Lipinski definition) is 1. The van der Waals surface area contributed by atoms with Crippen molar-refractivity contribution in [3.8, 4) is 0 Å². The van der Waals surface area contributed by atoms with Crippen molar-refractivity contribution in [2.45, 2.75) is 32.9 Å². The van der Waals surface area contributed by atoms with Gasteiger partial charge in [-0.05, 0) is 37.6 Å². The van der Waals surface area contributed by atoms with E-state index in [-0.39, 0.29) is 24.1 Å². The van der Waals surface area contributed by atoms with E-state index in [9.17, 15) is 9.59 Å². The molecule has 22 heavy (non-hydrogen) atoms. The summed E-state index contributed by atoms with van der Waals surface area (Å²) < 4.78 is 3.23. The van der Waals surface area contributed by atoms with Crippen molar-refractivity contribution < 1.29 is 4.79 Å². The van der Waals surface area contributed by atoms with Crippen LogP contribution in [0.5, 0.6) is 0 Å². The molecule has 0 aromatic carbocycles. The van der Waals surface area contributed by atoms with Gasteiger partial charge in [0.1, 0.15) is 12.1 Å². The van der Waals surface area contributed by atoms with E-state index >= 15 is 0 Å². The Morgan fingerprint density at radius 2 is 2.09 bits per heavy atom. The highest BCUT2D eigenvalue weighted by molar-refractivity contribution is 5.80. The van der Waals surface area contributed by atoms with Crippen LogP contribution >= 0.6 is 0 Å². The van der Waals surface area contributed by atoms with E-state index in [1.54, 1.807) is 16.7 Å². The molecule has 0 unspecified atom stereocenters. The Morgan fingerprint density at radius 3 is 2.86 bits per heavy atom. The molecule has 0 radical (unpaired) electrons. The maximum Gasteiger partial charge on any atom is 0.276 e. The molecule has 3 heterocycles. The third kappa shape index (κ3) is 2.36. The molecule has 0 spiro atoms. The van der Waals surface area contributed by atoms with Crippen LogP contribution < -0.4 is 10.9 Å². The fourth-order valence-electron chi connectivity index (χ4n) is 2.50. The summed E-state index contributed by atoms with van der Waals surface area (Å²) >= 11 is 0. The predicted molar refractivity (Wildman–Crippen MR) is 84.9 cm³/mol. The van der Waals surface area contributed by atoms with Gasteiger partial charge >= 0.3 is 0 Å². The Morgan fingerprint density at radius 1 is 1.32 bits per heavy atom. The summed E-state index contributed by atoms with van der Waals surface area (Å²) in [5.74, 6) is -0.181. The quantitative estimate of drug-likeness (QED) is 0.795. The van der Waals surface area contributed by atoms with Gasteiger partial charge < -0.3 is 9.72 Å². The molecule has 1 atom stereocenters. The summed E-state index contributed by atoms with van der Waals surface area (Å²) in [6.07, 6.45) is 4.29. The van der Waals surface area contributed by atoms with Crippen LogP contribution in [0.25, 0.3) is 16.7 Å². The lowest BCUT2D eigenvalue weighted by molar-refractivity contribution is -0.122. The molecule has 0 aliphatic rings. The van der Waals surface area contributed by atoms with Gasteiger partial charge in [0.15, 0.2) is 5.65 Å². The lowest BCUT2D eigenvalue weighted by Gasteiger charge is -2.14. The van der Waals surface area contributed by atoms with E-state index in [0.29, 0.717) is 11.2 Å². The minimum atomic E-state index is -0.212. The fourth-order valence-corrected chi connectivity index (χ4v) is 2.50. The van der Waals surface area contributed by atoms with E-state index in [0.717, 1.165) is 11.9 Å². The molecule has 1 N–H and O–H groups in total. The van der Waals surface area contributed by atoms with Crippen molar-refractivity contribution >= 4 is 22.6 Å². The second kappa shape index (κ2) is 5.63. The second-order valence-corrected chi connectivity index (χ2v) is 5.38. The lowest BCUT2D eigenvalue weighted by Crippen LogP contribution is -2.37. The number of hydrogen-bond acceptors (Lipinski definition) is 3. The molecule has 0 saturated heterocycles. The lowest BCUT2D eigenvalue weighted by atomic mass is 10.2. The van der Waals surface area contributed by atoms with E-state index in [1.807, 2.05) is 38.2 Å². The van der Waals surface area contributed by atoms with Crippen LogP contribution in [-0.4, -0.2) is 25.9 Å². The summed E-state index contributed by atoms with van der Waals surface area (Å²) in [6.45, 7) is 3.91. The minimum absolute atomic E-state index is 0.0294. The second-order valence-electron chi connectivity index (χ2n) is 5.38. The highest BCUT2D eigenvalue weighted by Crippen LogP contribution is 2.12. The zero-order valence-corrected chi connectivity index (χ0v) is 12.6. The van der Waals surface area contributed by atoms with Crippen LogP contribution in [0.1, 0.15) is 20.3 Å². The first kappa shape index (κ1) is 14.3. The number of fused-ring (bicyclic) bond motifs is 3. The highest BCUT2D eigenvalue weighted by atomic mass is 16.2. The van der Waals surface area contributed by atoms with Crippen LogP contribution in [0.4, 0.5) is 0 Å². The first-order valence-electron chi connectivity index (χ1n) is 7.35. The smallest absolute Gasteiger partial charge is 0.276 e. The number of carbonyl (C=O) groups excluding carboxylic acids is 1. The Bertz CT molecular complexity index is 894. The van der Waals surface area contributed by atoms with Gasteiger partial charge in [-0.15, -0.1) is 0 Å². The fraction of sp³-hybridized carbons (Fsp3) is 0.312. The summed E-state index contributed by atoms with van der Waals surface area (Å²) in [5.41, 5.74) is 1.64. The first-order chi connectivity index (χ1) is 10.6. The van der Waals surface area contributed by atoms with Crippen molar-refractivity contribution in [3.63, 3.8) is 0 Å². The zero-order valence-electron chi connectivity index (χ0n) is 12.6. The van der Waals surface area contributed by atoms with Crippen LogP contribution in [0.2, 0.25) is 0 Å². The molecular weight excluding hydrogens is 280 g/mol. The van der Waals surface area contributed by atoms with Gasteiger partial charge in [-0.1, -0.05) is 6.92 Å². The standard InChI is InChI=1S/C16H18N4O2/c1-3-11(2)18-14(21)10-20-15-12(6-4-8-17-15)19-9-5-7-13(19)16(20)22/h4-9,11H,3,10H2,1-2H3,(H,18,21)/t11-/m0/s1. The van der Waals surface area contributed by atoms with Gasteiger partial charge in [-0.3, -0.25) is 14.2 Å². The van der Waals surface area contributed by atoms with Crippen molar-refractivity contribution in [1.29, 1.82) is 0 Å². The molecule has 3 rings (SSSR count). The van der Waals surface area contributed by atoms with Gasteiger partial charge in [0.2, 0.25) is 5.91 Å². The molecule has 0 bridgehead atoms. The maximum atomic E-state index is 12.6. The number of aromatic nitrogens is 3. The number of rotatable bonds is 4. The van der Waals surface area contributed by atoms with Crippen molar-refractivity contribution in [1.82, 2.24) is 19.3 Å². The van der Waals surface area contributed by atoms with Crippen molar-refractivity contribution in [3.05, 3.63) is 47.0 Å². The molecule has 0 aliphatic heterocycles. The van der Waals surface area contributed by atoms with E-state index in [4.69, 9.17) is 0 Å². The van der Waals surface area contributed by atoms with Crippen molar-refractivity contribution in [2.24, 2.45) is 0 Å². The molecule has 1 amide bonds. The Hall–Kier alpha value is -2.63. The topological polar surface area (TPSA) is 68.4 Å². The minimum Gasteiger partial charge on any atom is -0.352 e. The van der Waals surface area contributed by atoms with Gasteiger partial charge in [0.25, 0.3) is 5.56 Å². The number of amides is 1. The Kier molecular flexibility index (Phi) is 3.66. The molecule has 3 aromatic heterocycles. The van der Waals surface area contributed by atoms with Crippen LogP contribution in [0.3, 0.4) is 0 Å². The number of nitrogens with zero attached hydrogens (tertiary/aromatic N) is 3. The Labute approximate surface area is 127 Å². The summed E-state index contributed by atoms with van der Waals surface area (Å²) in [5, 5.41) is 2.88.